The van der Waals surface area contributed by atoms with Crippen LogP contribution in [0.25, 0.3) is 0 Å². The van der Waals surface area contributed by atoms with Crippen LogP contribution in [0.2, 0.25) is 0 Å². The van der Waals surface area contributed by atoms with Gasteiger partial charge in [-0.2, -0.15) is 4.31 Å². The van der Waals surface area contributed by atoms with Crippen LogP contribution < -0.4 is 4.90 Å². The third kappa shape index (κ3) is 3.54. The van der Waals surface area contributed by atoms with Gasteiger partial charge < -0.3 is 10.0 Å². The van der Waals surface area contributed by atoms with E-state index in [1.807, 2.05) is 35.2 Å². The molecule has 6 nitrogen and oxygen atoms in total. The second-order valence-electron chi connectivity index (χ2n) is 5.31. The van der Waals surface area contributed by atoms with Crippen LogP contribution in [0.5, 0.6) is 0 Å². The van der Waals surface area contributed by atoms with Gasteiger partial charge in [-0.1, -0.05) is 18.2 Å². The van der Waals surface area contributed by atoms with Gasteiger partial charge in [0.25, 0.3) is 0 Å². The van der Waals surface area contributed by atoms with Crippen LogP contribution in [0.4, 0.5) is 5.69 Å². The van der Waals surface area contributed by atoms with Gasteiger partial charge in [-0.3, -0.25) is 4.79 Å². The summed E-state index contributed by atoms with van der Waals surface area (Å²) in [5, 5.41) is 9.14. The van der Waals surface area contributed by atoms with Crippen molar-refractivity contribution in [2.24, 2.45) is 0 Å². The fraction of sp³-hybridized carbons (Fsp3) is 0.500. The maximum absolute atomic E-state index is 11.8. The van der Waals surface area contributed by atoms with Crippen LogP contribution in [-0.4, -0.2) is 55.2 Å². The lowest BCUT2D eigenvalue weighted by Gasteiger charge is -2.46. The van der Waals surface area contributed by atoms with E-state index in [1.54, 1.807) is 6.92 Å². The first kappa shape index (κ1) is 15.8. The first-order valence-corrected chi connectivity index (χ1v) is 8.66. The molecule has 0 aliphatic carbocycles. The number of piperazine rings is 1. The molecule has 1 aliphatic rings. The molecule has 0 spiro atoms. The zero-order valence-electron chi connectivity index (χ0n) is 12.1. The number of hydrogen-bond acceptors (Lipinski definition) is 4. The van der Waals surface area contributed by atoms with Crippen LogP contribution in [0.3, 0.4) is 0 Å². The molecule has 7 heteroatoms. The van der Waals surface area contributed by atoms with Crippen LogP contribution in [-0.2, 0) is 14.8 Å². The zero-order chi connectivity index (χ0) is 15.6. The molecule has 1 saturated heterocycles. The minimum absolute atomic E-state index is 0.0952. The number of anilines is 1. The Morgan fingerprint density at radius 2 is 1.90 bits per heavy atom. The summed E-state index contributed by atoms with van der Waals surface area (Å²) in [6.45, 7) is 2.62. The van der Waals surface area contributed by atoms with Gasteiger partial charge in [0.2, 0.25) is 10.0 Å². The quantitative estimate of drug-likeness (QED) is 0.897. The van der Waals surface area contributed by atoms with Gasteiger partial charge in [0.15, 0.2) is 0 Å². The maximum Gasteiger partial charge on any atom is 0.305 e. The Balaban J connectivity index is 2.33. The summed E-state index contributed by atoms with van der Waals surface area (Å²) in [6.07, 6.45) is 1.07. The van der Waals surface area contributed by atoms with Crippen molar-refractivity contribution in [2.45, 2.75) is 25.4 Å². The fourth-order valence-electron chi connectivity index (χ4n) is 2.90. The molecule has 1 aromatic rings. The molecule has 2 atom stereocenters. The molecule has 1 N–H and O–H groups in total. The van der Waals surface area contributed by atoms with E-state index in [0.717, 1.165) is 5.69 Å². The molecule has 2 rings (SSSR count). The molecule has 0 radical (unpaired) electrons. The van der Waals surface area contributed by atoms with Crippen molar-refractivity contribution < 1.29 is 18.3 Å². The minimum atomic E-state index is -3.34. The Labute approximate surface area is 125 Å². The molecule has 2 unspecified atom stereocenters. The number of hydrogen-bond donors (Lipinski definition) is 1. The Bertz CT molecular complexity index is 603. The standard InChI is InChI=1S/C14H20N2O4S/c1-11-13(10-14(17)18)15(12-6-4-3-5-7-12)8-9-16(11)21(2,19)20/h3-7,11,13H,8-10H2,1-2H3,(H,17,18). The highest BCUT2D eigenvalue weighted by molar-refractivity contribution is 7.88. The predicted molar refractivity (Wildman–Crippen MR) is 80.8 cm³/mol. The molecule has 1 aliphatic heterocycles. The van der Waals surface area contributed by atoms with Gasteiger partial charge in [-0.15, -0.1) is 0 Å². The molecular formula is C14H20N2O4S. The molecule has 1 aromatic carbocycles. The zero-order valence-corrected chi connectivity index (χ0v) is 13.0. The number of carbonyl (C=O) groups is 1. The van der Waals surface area contributed by atoms with Crippen molar-refractivity contribution in [3.63, 3.8) is 0 Å². The number of carboxylic acid groups (broad SMARTS) is 1. The third-order valence-electron chi connectivity index (χ3n) is 3.87. The van der Waals surface area contributed by atoms with Crippen molar-refractivity contribution in [3.8, 4) is 0 Å². The number of benzene rings is 1. The van der Waals surface area contributed by atoms with E-state index in [-0.39, 0.29) is 18.5 Å². The molecule has 1 heterocycles. The normalized spacial score (nSPS) is 24.0. The van der Waals surface area contributed by atoms with E-state index in [2.05, 4.69) is 0 Å². The van der Waals surface area contributed by atoms with Crippen LogP contribution >= 0.6 is 0 Å². The lowest BCUT2D eigenvalue weighted by molar-refractivity contribution is -0.137. The number of para-hydroxylation sites is 1. The highest BCUT2D eigenvalue weighted by atomic mass is 32.2. The van der Waals surface area contributed by atoms with E-state index in [4.69, 9.17) is 5.11 Å². The summed E-state index contributed by atoms with van der Waals surface area (Å²) in [4.78, 5) is 13.1. The summed E-state index contributed by atoms with van der Waals surface area (Å²) < 4.78 is 25.1. The largest absolute Gasteiger partial charge is 0.481 e. The van der Waals surface area contributed by atoms with Crippen molar-refractivity contribution in [2.75, 3.05) is 24.2 Å². The molecule has 1 fully saturated rings. The van der Waals surface area contributed by atoms with Gasteiger partial charge in [-0.05, 0) is 19.1 Å². The van der Waals surface area contributed by atoms with Gasteiger partial charge in [-0.25, -0.2) is 8.42 Å². The number of carboxylic acids is 1. The van der Waals surface area contributed by atoms with E-state index in [0.29, 0.717) is 13.1 Å². The van der Waals surface area contributed by atoms with Crippen molar-refractivity contribution >= 4 is 21.7 Å². The number of aliphatic carboxylic acids is 1. The topological polar surface area (TPSA) is 77.9 Å². The Kier molecular flexibility index (Phi) is 4.53. The third-order valence-corrected chi connectivity index (χ3v) is 5.24. The van der Waals surface area contributed by atoms with E-state index < -0.39 is 16.0 Å². The Morgan fingerprint density at radius 1 is 1.29 bits per heavy atom. The summed E-state index contributed by atoms with van der Waals surface area (Å²) in [5.74, 6) is -0.928. The van der Waals surface area contributed by atoms with Crippen molar-refractivity contribution in [1.29, 1.82) is 0 Å². The average molecular weight is 312 g/mol. The van der Waals surface area contributed by atoms with Gasteiger partial charge in [0.05, 0.1) is 18.7 Å². The van der Waals surface area contributed by atoms with Gasteiger partial charge >= 0.3 is 5.97 Å². The SMILES string of the molecule is CC1C(CC(=O)O)N(c2ccccc2)CCN1S(C)(=O)=O. The number of sulfonamides is 1. The fourth-order valence-corrected chi connectivity index (χ4v) is 4.05. The molecule has 21 heavy (non-hydrogen) atoms. The van der Waals surface area contributed by atoms with E-state index in [1.165, 1.54) is 10.6 Å². The molecular weight excluding hydrogens is 292 g/mol. The lowest BCUT2D eigenvalue weighted by Crippen LogP contribution is -2.60. The van der Waals surface area contributed by atoms with Crippen molar-refractivity contribution in [1.82, 2.24) is 4.31 Å². The molecule has 0 amide bonds. The van der Waals surface area contributed by atoms with Crippen LogP contribution in [0, 0.1) is 0 Å². The number of nitrogens with zero attached hydrogens (tertiary/aromatic N) is 2. The first-order chi connectivity index (χ1) is 9.80. The van der Waals surface area contributed by atoms with E-state index in [9.17, 15) is 13.2 Å². The summed E-state index contributed by atoms with van der Waals surface area (Å²) >= 11 is 0. The Hall–Kier alpha value is -1.60. The van der Waals surface area contributed by atoms with Crippen LogP contribution in [0.1, 0.15) is 13.3 Å². The lowest BCUT2D eigenvalue weighted by atomic mass is 10.0. The summed E-state index contributed by atoms with van der Waals surface area (Å²) in [5.41, 5.74) is 0.920. The molecule has 0 aromatic heterocycles. The molecule has 0 bridgehead atoms. The van der Waals surface area contributed by atoms with Gasteiger partial charge in [0.1, 0.15) is 0 Å². The molecule has 116 valence electrons. The highest BCUT2D eigenvalue weighted by Crippen LogP contribution is 2.27. The van der Waals surface area contributed by atoms with Gasteiger partial charge in [0, 0.05) is 24.8 Å². The maximum atomic E-state index is 11.8. The highest BCUT2D eigenvalue weighted by Gasteiger charge is 2.38. The average Bonchev–Trinajstić information content (AvgIpc) is 2.40. The molecule has 0 saturated carbocycles. The van der Waals surface area contributed by atoms with Crippen molar-refractivity contribution in [3.05, 3.63) is 30.3 Å². The Morgan fingerprint density at radius 3 is 2.43 bits per heavy atom. The van der Waals surface area contributed by atoms with E-state index >= 15 is 0 Å². The summed E-state index contributed by atoms with van der Waals surface area (Å²) in [6, 6.07) is 8.74. The second kappa shape index (κ2) is 6.03. The van der Waals surface area contributed by atoms with Crippen LogP contribution in [0.15, 0.2) is 30.3 Å². The smallest absolute Gasteiger partial charge is 0.305 e. The predicted octanol–water partition coefficient (Wildman–Crippen LogP) is 1.00. The monoisotopic (exact) mass is 312 g/mol. The second-order valence-corrected chi connectivity index (χ2v) is 7.24. The summed E-state index contributed by atoms with van der Waals surface area (Å²) in [7, 11) is -3.34. The number of rotatable bonds is 4. The first-order valence-electron chi connectivity index (χ1n) is 6.81. The minimum Gasteiger partial charge on any atom is -0.481 e.